The second-order valence-electron chi connectivity index (χ2n) is 3.00. The summed E-state index contributed by atoms with van der Waals surface area (Å²) in [5.41, 5.74) is 0.829. The van der Waals surface area contributed by atoms with Crippen LogP contribution in [0.1, 0.15) is 12.5 Å². The lowest BCUT2D eigenvalue weighted by atomic mass is 10.3. The summed E-state index contributed by atoms with van der Waals surface area (Å²) in [4.78, 5) is 14.7. The maximum absolute atomic E-state index is 11.6. The van der Waals surface area contributed by atoms with E-state index in [1.807, 2.05) is 0 Å². The van der Waals surface area contributed by atoms with Crippen molar-refractivity contribution in [1.29, 1.82) is 0 Å². The van der Waals surface area contributed by atoms with Crippen molar-refractivity contribution in [3.63, 3.8) is 0 Å². The lowest BCUT2D eigenvalue weighted by Gasteiger charge is -2.05. The van der Waals surface area contributed by atoms with Crippen LogP contribution in [0, 0.1) is 6.92 Å². The molecular weight excluding hydrogens is 303 g/mol. The van der Waals surface area contributed by atoms with Gasteiger partial charge in [-0.2, -0.15) is 8.42 Å². The van der Waals surface area contributed by atoms with Gasteiger partial charge in [-0.15, -0.1) is 24.8 Å². The first-order valence-electron chi connectivity index (χ1n) is 4.58. The predicted molar refractivity (Wildman–Crippen MR) is 70.8 cm³/mol. The molecule has 6 nitrogen and oxygen atoms in total. The molecule has 1 amide bonds. The fourth-order valence-electron chi connectivity index (χ4n) is 0.936. The highest BCUT2D eigenvalue weighted by Gasteiger charge is 2.19. The van der Waals surface area contributed by atoms with Crippen molar-refractivity contribution >= 4 is 40.9 Å². The first kappa shape index (κ1) is 19.3. The molecule has 0 aliphatic carbocycles. The van der Waals surface area contributed by atoms with Crippen molar-refractivity contribution < 1.29 is 17.9 Å². The Morgan fingerprint density at radius 1 is 1.39 bits per heavy atom. The lowest BCUT2D eigenvalue weighted by Crippen LogP contribution is -2.31. The van der Waals surface area contributed by atoms with E-state index in [4.69, 9.17) is 0 Å². The molecule has 0 atom stereocenters. The number of hydrogen-bond acceptors (Lipinski definition) is 5. The first-order valence-corrected chi connectivity index (χ1v) is 6.06. The van der Waals surface area contributed by atoms with E-state index in [2.05, 4.69) is 9.72 Å². The number of nitrogens with zero attached hydrogens (tertiary/aromatic N) is 1. The van der Waals surface area contributed by atoms with Crippen LogP contribution in [-0.4, -0.2) is 26.1 Å². The highest BCUT2D eigenvalue weighted by atomic mass is 35.5. The van der Waals surface area contributed by atoms with Gasteiger partial charge in [0.2, 0.25) is 0 Å². The van der Waals surface area contributed by atoms with Gasteiger partial charge < -0.3 is 4.74 Å². The Morgan fingerprint density at radius 3 is 2.44 bits per heavy atom. The molecule has 9 heteroatoms. The third kappa shape index (κ3) is 5.52. The summed E-state index contributed by atoms with van der Waals surface area (Å²) in [5.74, 6) is 0. The van der Waals surface area contributed by atoms with Gasteiger partial charge in [-0.1, -0.05) is 6.07 Å². The number of rotatable bonds is 3. The molecule has 0 aromatic carbocycles. The fourth-order valence-corrected chi connectivity index (χ4v) is 1.76. The summed E-state index contributed by atoms with van der Waals surface area (Å²) in [6, 6.07) is 2.91. The number of nitrogens with one attached hydrogen (secondary N) is 1. The average molecular weight is 317 g/mol. The minimum Gasteiger partial charge on any atom is -0.449 e. The summed E-state index contributed by atoms with van der Waals surface area (Å²) in [6.45, 7) is 3.46. The molecule has 18 heavy (non-hydrogen) atoms. The number of hydrogen-bond donors (Lipinski definition) is 1. The third-order valence-electron chi connectivity index (χ3n) is 1.65. The molecule has 0 saturated carbocycles. The van der Waals surface area contributed by atoms with Crippen LogP contribution in [0.2, 0.25) is 0 Å². The number of carbonyl (C=O) groups excluding carboxylic acids is 1. The zero-order valence-electron chi connectivity index (χ0n) is 9.74. The average Bonchev–Trinajstić information content (AvgIpc) is 2.17. The van der Waals surface area contributed by atoms with Crippen LogP contribution in [0.25, 0.3) is 0 Å². The van der Waals surface area contributed by atoms with E-state index in [-0.39, 0.29) is 36.4 Å². The van der Waals surface area contributed by atoms with E-state index in [1.165, 1.54) is 12.3 Å². The monoisotopic (exact) mass is 316 g/mol. The molecule has 0 bridgehead atoms. The van der Waals surface area contributed by atoms with E-state index < -0.39 is 16.1 Å². The van der Waals surface area contributed by atoms with E-state index in [1.54, 1.807) is 24.6 Å². The Balaban J connectivity index is 0. The van der Waals surface area contributed by atoms with E-state index in [9.17, 15) is 13.2 Å². The van der Waals surface area contributed by atoms with Crippen molar-refractivity contribution in [2.45, 2.75) is 18.9 Å². The second kappa shape index (κ2) is 8.12. The molecule has 1 heterocycles. The smallest absolute Gasteiger partial charge is 0.421 e. The van der Waals surface area contributed by atoms with E-state index in [0.717, 1.165) is 5.56 Å². The SMILES string of the molecule is CCOC(=O)NS(=O)(=O)c1ccc(C)cn1.Cl.Cl. The van der Waals surface area contributed by atoms with Gasteiger partial charge in [-0.05, 0) is 25.5 Å². The quantitative estimate of drug-likeness (QED) is 0.916. The maximum atomic E-state index is 11.6. The van der Waals surface area contributed by atoms with Gasteiger partial charge in [0.1, 0.15) is 0 Å². The highest BCUT2D eigenvalue weighted by Crippen LogP contribution is 2.05. The molecule has 0 aliphatic heterocycles. The second-order valence-corrected chi connectivity index (χ2v) is 4.63. The predicted octanol–water partition coefficient (Wildman–Crippen LogP) is 1.67. The molecule has 1 aromatic rings. The standard InChI is InChI=1S/C9H12N2O4S.2ClH/c1-3-15-9(12)11-16(13,14)8-5-4-7(2)6-10-8;;/h4-6H,3H2,1-2H3,(H,11,12);2*1H. The van der Waals surface area contributed by atoms with Crippen molar-refractivity contribution in [3.8, 4) is 0 Å². The number of amides is 1. The molecule has 1 rings (SSSR count). The molecule has 104 valence electrons. The maximum Gasteiger partial charge on any atom is 0.421 e. The van der Waals surface area contributed by atoms with Gasteiger partial charge in [0.05, 0.1) is 6.61 Å². The molecule has 0 aliphatic rings. The Kier molecular flexibility index (Phi) is 8.71. The minimum atomic E-state index is -3.93. The number of carbonyl (C=O) groups is 1. The van der Waals surface area contributed by atoms with Crippen LogP contribution in [0.15, 0.2) is 23.4 Å². The summed E-state index contributed by atoms with van der Waals surface area (Å²) in [6.07, 6.45) is 0.393. The van der Waals surface area contributed by atoms with Gasteiger partial charge >= 0.3 is 6.09 Å². The Morgan fingerprint density at radius 2 is 2.00 bits per heavy atom. The molecular formula is C9H14Cl2N2O4S. The number of aromatic nitrogens is 1. The summed E-state index contributed by atoms with van der Waals surface area (Å²) >= 11 is 0. The fraction of sp³-hybridized carbons (Fsp3) is 0.333. The van der Waals surface area contributed by atoms with Gasteiger partial charge in [0.15, 0.2) is 5.03 Å². The van der Waals surface area contributed by atoms with E-state index in [0.29, 0.717) is 0 Å². The summed E-state index contributed by atoms with van der Waals surface area (Å²) in [5, 5.41) is -0.217. The van der Waals surface area contributed by atoms with Crippen LogP contribution in [-0.2, 0) is 14.8 Å². The summed E-state index contributed by atoms with van der Waals surface area (Å²) < 4.78 is 29.3. The molecule has 1 N–H and O–H groups in total. The van der Waals surface area contributed by atoms with Crippen molar-refractivity contribution in [3.05, 3.63) is 23.9 Å². The minimum absolute atomic E-state index is 0. The van der Waals surface area contributed by atoms with E-state index >= 15 is 0 Å². The Bertz CT molecular complexity index is 476. The number of pyridine rings is 1. The Hall–Kier alpha value is -1.05. The van der Waals surface area contributed by atoms with Crippen molar-refractivity contribution in [2.24, 2.45) is 0 Å². The molecule has 0 radical (unpaired) electrons. The van der Waals surface area contributed by atoms with Gasteiger partial charge in [0, 0.05) is 6.20 Å². The first-order chi connectivity index (χ1) is 7.45. The zero-order valence-corrected chi connectivity index (χ0v) is 12.2. The molecule has 0 saturated heterocycles. The van der Waals surface area contributed by atoms with Crippen LogP contribution in [0.4, 0.5) is 4.79 Å². The number of halogens is 2. The number of aryl methyl sites for hydroxylation is 1. The van der Waals surface area contributed by atoms with Crippen molar-refractivity contribution in [2.75, 3.05) is 6.61 Å². The molecule has 0 fully saturated rings. The number of ether oxygens (including phenoxy) is 1. The molecule has 0 unspecified atom stereocenters. The van der Waals surface area contributed by atoms with Gasteiger partial charge in [0.25, 0.3) is 10.0 Å². The lowest BCUT2D eigenvalue weighted by molar-refractivity contribution is 0.158. The van der Waals surface area contributed by atoms with Crippen LogP contribution in [0.5, 0.6) is 0 Å². The van der Waals surface area contributed by atoms with Crippen LogP contribution >= 0.6 is 24.8 Å². The largest absolute Gasteiger partial charge is 0.449 e. The molecule has 1 aromatic heterocycles. The van der Waals surface area contributed by atoms with Gasteiger partial charge in [-0.3, -0.25) is 0 Å². The summed E-state index contributed by atoms with van der Waals surface area (Å²) in [7, 11) is -3.93. The molecule has 0 spiro atoms. The zero-order chi connectivity index (χ0) is 12.2. The normalized spacial score (nSPS) is 9.67. The number of sulfonamides is 1. The topological polar surface area (TPSA) is 85.4 Å². The Labute approximate surface area is 118 Å². The van der Waals surface area contributed by atoms with Crippen LogP contribution < -0.4 is 4.72 Å². The van der Waals surface area contributed by atoms with Crippen molar-refractivity contribution in [1.82, 2.24) is 9.71 Å². The third-order valence-corrected chi connectivity index (χ3v) is 2.88. The van der Waals surface area contributed by atoms with Gasteiger partial charge in [-0.25, -0.2) is 14.5 Å². The highest BCUT2D eigenvalue weighted by molar-refractivity contribution is 7.90. The van der Waals surface area contributed by atoms with Crippen LogP contribution in [0.3, 0.4) is 0 Å².